The van der Waals surface area contributed by atoms with Crippen molar-refractivity contribution in [2.75, 3.05) is 6.54 Å². The van der Waals surface area contributed by atoms with Crippen LogP contribution in [-0.4, -0.2) is 20.9 Å². The predicted octanol–water partition coefficient (Wildman–Crippen LogP) is 2.29. The van der Waals surface area contributed by atoms with Gasteiger partial charge in [-0.1, -0.05) is 44.2 Å². The number of amides is 1. The van der Waals surface area contributed by atoms with Crippen LogP contribution in [0.5, 0.6) is 5.75 Å². The van der Waals surface area contributed by atoms with Crippen LogP contribution in [0.25, 0.3) is 0 Å². The minimum atomic E-state index is -3.99. The first-order chi connectivity index (χ1) is 11.4. The molecule has 0 spiro atoms. The summed E-state index contributed by atoms with van der Waals surface area (Å²) in [5.74, 6) is 1.00. The number of rotatable bonds is 8. The zero-order valence-electron chi connectivity index (χ0n) is 13.9. The van der Waals surface area contributed by atoms with E-state index in [2.05, 4.69) is 9.50 Å². The first-order valence-electron chi connectivity index (χ1n) is 8.50. The van der Waals surface area contributed by atoms with Gasteiger partial charge in [0.25, 0.3) is 0 Å². The van der Waals surface area contributed by atoms with Gasteiger partial charge in [-0.25, -0.2) is 0 Å². The van der Waals surface area contributed by atoms with Gasteiger partial charge in [0, 0.05) is 13.0 Å². The van der Waals surface area contributed by atoms with Crippen molar-refractivity contribution in [3.8, 4) is 5.75 Å². The Hall–Kier alpha value is -1.60. The van der Waals surface area contributed by atoms with Crippen LogP contribution in [-0.2, 0) is 21.5 Å². The summed E-state index contributed by atoms with van der Waals surface area (Å²) in [5, 5.41) is 7.74. The van der Waals surface area contributed by atoms with Crippen molar-refractivity contribution in [1.29, 1.82) is 0 Å². The minimum Gasteiger partial charge on any atom is -0.371 e. The number of carbonyl (C=O) groups excluding carboxylic acids is 1. The van der Waals surface area contributed by atoms with Crippen molar-refractivity contribution in [1.82, 2.24) is 5.32 Å². The highest BCUT2D eigenvalue weighted by atomic mass is 32.2. The second-order valence-corrected chi connectivity index (χ2v) is 7.52. The molecule has 0 atom stereocenters. The molecule has 0 unspecified atom stereocenters. The molecule has 3 N–H and O–H groups in total. The van der Waals surface area contributed by atoms with E-state index in [-0.39, 0.29) is 11.7 Å². The average Bonchev–Trinajstić information content (AvgIpc) is 2.54. The smallest absolute Gasteiger partial charge is 0.371 e. The molecule has 0 bridgehead atoms. The SMILES string of the molecule is NS(=O)(=O)Oc1ccc(CCNC(=O)CCC2CCCCC2)cc1. The summed E-state index contributed by atoms with van der Waals surface area (Å²) >= 11 is 0. The van der Waals surface area contributed by atoms with Crippen LogP contribution < -0.4 is 14.6 Å². The second-order valence-electron chi connectivity index (χ2n) is 6.36. The summed E-state index contributed by atoms with van der Waals surface area (Å²) in [4.78, 5) is 11.9. The van der Waals surface area contributed by atoms with E-state index in [0.29, 0.717) is 19.4 Å². The lowest BCUT2D eigenvalue weighted by Crippen LogP contribution is -2.26. The van der Waals surface area contributed by atoms with E-state index in [9.17, 15) is 13.2 Å². The zero-order chi connectivity index (χ0) is 17.4. The fourth-order valence-electron chi connectivity index (χ4n) is 3.09. The molecule has 1 fully saturated rings. The largest absolute Gasteiger partial charge is 0.380 e. The Balaban J connectivity index is 1.65. The van der Waals surface area contributed by atoms with Crippen molar-refractivity contribution >= 4 is 16.2 Å². The third kappa shape index (κ3) is 7.31. The summed E-state index contributed by atoms with van der Waals surface area (Å²) in [7, 11) is -3.99. The van der Waals surface area contributed by atoms with Crippen LogP contribution in [0.4, 0.5) is 0 Å². The van der Waals surface area contributed by atoms with E-state index in [1.165, 1.54) is 32.1 Å². The molecule has 1 aromatic carbocycles. The Bertz CT molecular complexity index is 622. The Labute approximate surface area is 144 Å². The minimum absolute atomic E-state index is 0.106. The molecule has 1 amide bonds. The second kappa shape index (κ2) is 9.03. The molecule has 0 heterocycles. The van der Waals surface area contributed by atoms with E-state index in [4.69, 9.17) is 5.14 Å². The van der Waals surface area contributed by atoms with Crippen molar-refractivity contribution in [2.24, 2.45) is 11.1 Å². The number of benzene rings is 1. The maximum Gasteiger partial charge on any atom is 0.380 e. The van der Waals surface area contributed by atoms with E-state index in [1.54, 1.807) is 24.3 Å². The van der Waals surface area contributed by atoms with E-state index >= 15 is 0 Å². The molecule has 24 heavy (non-hydrogen) atoms. The lowest BCUT2D eigenvalue weighted by atomic mass is 9.86. The van der Waals surface area contributed by atoms with Crippen LogP contribution in [0.3, 0.4) is 0 Å². The standard InChI is InChI=1S/C17H26N2O4S/c18-24(21,22)23-16-9-6-15(7-10-16)12-13-19-17(20)11-8-14-4-2-1-3-5-14/h6-7,9-10,14H,1-5,8,11-13H2,(H,19,20)(H2,18,21,22). The molecule has 1 aromatic rings. The molecular formula is C17H26N2O4S. The van der Waals surface area contributed by atoms with Gasteiger partial charge in [-0.3, -0.25) is 4.79 Å². The number of hydrogen-bond acceptors (Lipinski definition) is 4. The van der Waals surface area contributed by atoms with Gasteiger partial charge < -0.3 is 9.50 Å². The molecule has 0 saturated heterocycles. The van der Waals surface area contributed by atoms with Crippen molar-refractivity contribution in [2.45, 2.75) is 51.4 Å². The predicted molar refractivity (Wildman–Crippen MR) is 92.7 cm³/mol. The molecule has 0 aromatic heterocycles. The summed E-state index contributed by atoms with van der Waals surface area (Å²) < 4.78 is 26.2. The van der Waals surface area contributed by atoms with Gasteiger partial charge in [0.1, 0.15) is 5.75 Å². The Morgan fingerprint density at radius 1 is 1.17 bits per heavy atom. The Morgan fingerprint density at radius 2 is 1.83 bits per heavy atom. The van der Waals surface area contributed by atoms with Gasteiger partial charge in [0.2, 0.25) is 5.91 Å². The molecule has 1 aliphatic carbocycles. The number of hydrogen-bond donors (Lipinski definition) is 2. The third-order valence-corrected chi connectivity index (χ3v) is 4.80. The Kier molecular flexibility index (Phi) is 7.05. The fraction of sp³-hybridized carbons (Fsp3) is 0.588. The number of carbonyl (C=O) groups is 1. The normalized spacial score (nSPS) is 15.9. The van der Waals surface area contributed by atoms with Gasteiger partial charge in [0.15, 0.2) is 0 Å². The molecular weight excluding hydrogens is 328 g/mol. The average molecular weight is 354 g/mol. The maximum absolute atomic E-state index is 11.9. The summed E-state index contributed by atoms with van der Waals surface area (Å²) in [5.41, 5.74) is 0.990. The van der Waals surface area contributed by atoms with Crippen molar-refractivity contribution < 1.29 is 17.4 Å². The van der Waals surface area contributed by atoms with Gasteiger partial charge in [-0.15, -0.1) is 0 Å². The van der Waals surface area contributed by atoms with Gasteiger partial charge in [0.05, 0.1) is 0 Å². The van der Waals surface area contributed by atoms with Crippen molar-refractivity contribution in [3.05, 3.63) is 29.8 Å². The van der Waals surface area contributed by atoms with Crippen LogP contribution in [0.1, 0.15) is 50.5 Å². The summed E-state index contributed by atoms with van der Waals surface area (Å²) in [6.07, 6.45) is 8.75. The molecule has 134 valence electrons. The first-order valence-corrected chi connectivity index (χ1v) is 9.97. The highest BCUT2D eigenvalue weighted by molar-refractivity contribution is 7.84. The van der Waals surface area contributed by atoms with Crippen LogP contribution >= 0.6 is 0 Å². The zero-order valence-corrected chi connectivity index (χ0v) is 14.7. The van der Waals surface area contributed by atoms with E-state index in [0.717, 1.165) is 17.9 Å². The molecule has 2 rings (SSSR count). The topological polar surface area (TPSA) is 98.5 Å². The maximum atomic E-state index is 11.9. The highest BCUT2D eigenvalue weighted by Crippen LogP contribution is 2.27. The van der Waals surface area contributed by atoms with E-state index < -0.39 is 10.3 Å². The van der Waals surface area contributed by atoms with Gasteiger partial charge in [-0.05, 0) is 36.5 Å². The van der Waals surface area contributed by atoms with Crippen LogP contribution in [0.15, 0.2) is 24.3 Å². The first kappa shape index (κ1) is 18.7. The molecule has 7 heteroatoms. The number of nitrogens with two attached hydrogens (primary N) is 1. The molecule has 6 nitrogen and oxygen atoms in total. The third-order valence-electron chi connectivity index (χ3n) is 4.38. The van der Waals surface area contributed by atoms with Gasteiger partial charge >= 0.3 is 10.3 Å². The molecule has 0 radical (unpaired) electrons. The fourth-order valence-corrected chi connectivity index (χ4v) is 3.47. The highest BCUT2D eigenvalue weighted by Gasteiger charge is 2.14. The van der Waals surface area contributed by atoms with Crippen molar-refractivity contribution in [3.63, 3.8) is 0 Å². The molecule has 1 aliphatic rings. The van der Waals surface area contributed by atoms with Gasteiger partial charge in [-0.2, -0.15) is 13.6 Å². The quantitative estimate of drug-likeness (QED) is 0.748. The Morgan fingerprint density at radius 3 is 2.46 bits per heavy atom. The van der Waals surface area contributed by atoms with Crippen LogP contribution in [0.2, 0.25) is 0 Å². The number of nitrogens with one attached hydrogen (secondary N) is 1. The molecule has 1 saturated carbocycles. The monoisotopic (exact) mass is 354 g/mol. The lowest BCUT2D eigenvalue weighted by molar-refractivity contribution is -0.121. The summed E-state index contributed by atoms with van der Waals surface area (Å²) in [6, 6.07) is 6.61. The lowest BCUT2D eigenvalue weighted by Gasteiger charge is -2.20. The van der Waals surface area contributed by atoms with Crippen LogP contribution in [0, 0.1) is 5.92 Å². The molecule has 0 aliphatic heterocycles. The van der Waals surface area contributed by atoms with E-state index in [1.807, 2.05) is 0 Å². The summed E-state index contributed by atoms with van der Waals surface area (Å²) in [6.45, 7) is 0.568.